The minimum absolute atomic E-state index is 0.162. The summed E-state index contributed by atoms with van der Waals surface area (Å²) in [5, 5.41) is 2.96. The Hall–Kier alpha value is -2.18. The van der Waals surface area contributed by atoms with E-state index in [0.717, 1.165) is 5.56 Å². The molecule has 7 heteroatoms. The van der Waals surface area contributed by atoms with Crippen molar-refractivity contribution in [3.8, 4) is 0 Å². The van der Waals surface area contributed by atoms with Crippen LogP contribution in [0.4, 0.5) is 10.5 Å². The van der Waals surface area contributed by atoms with Crippen LogP contribution in [0, 0.1) is 0 Å². The summed E-state index contributed by atoms with van der Waals surface area (Å²) in [6.45, 7) is 7.45. The molecule has 2 rings (SSSR count). The Bertz CT molecular complexity index is 861. The Morgan fingerprint density at radius 3 is 2.44 bits per heavy atom. The van der Waals surface area contributed by atoms with Gasteiger partial charge in [0.25, 0.3) is 0 Å². The van der Waals surface area contributed by atoms with E-state index in [9.17, 15) is 9.00 Å². The highest BCUT2D eigenvalue weighted by Crippen LogP contribution is 2.27. The lowest BCUT2D eigenvalue weighted by atomic mass is 10.1. The van der Waals surface area contributed by atoms with E-state index < -0.39 is 21.8 Å². The molecule has 0 radical (unpaired) electrons. The van der Waals surface area contributed by atoms with E-state index >= 15 is 0 Å². The number of carbonyl (C=O) groups is 1. The number of rotatable bonds is 5. The van der Waals surface area contributed by atoms with Gasteiger partial charge in [0.2, 0.25) is 0 Å². The molecule has 0 aliphatic heterocycles. The molecule has 0 spiro atoms. The monoisotopic (exact) mass is 406 g/mol. The van der Waals surface area contributed by atoms with Crippen LogP contribution >= 0.6 is 11.6 Å². The highest BCUT2D eigenvalue weighted by atomic mass is 35.5. The van der Waals surface area contributed by atoms with Gasteiger partial charge in [0.05, 0.1) is 21.2 Å². The number of halogens is 1. The number of anilines is 1. The smallest absolute Gasteiger partial charge is 0.412 e. The fourth-order valence-corrected chi connectivity index (χ4v) is 3.02. The maximum Gasteiger partial charge on any atom is 0.412 e. The second kappa shape index (κ2) is 9.15. The van der Waals surface area contributed by atoms with Crippen molar-refractivity contribution in [3.05, 3.63) is 64.7 Å². The molecular weight excluding hydrogens is 384 g/mol. The van der Waals surface area contributed by atoms with Gasteiger partial charge < -0.3 is 4.74 Å². The molecule has 0 bridgehead atoms. The van der Waals surface area contributed by atoms with Crippen LogP contribution < -0.4 is 5.32 Å². The van der Waals surface area contributed by atoms with Gasteiger partial charge in [-0.3, -0.25) is 5.32 Å². The second-order valence-electron chi connectivity index (χ2n) is 6.89. The maximum absolute atomic E-state index is 12.2. The first-order valence-electron chi connectivity index (χ1n) is 8.42. The minimum atomic E-state index is -1.40. The first-order valence-corrected chi connectivity index (χ1v) is 9.91. The van der Waals surface area contributed by atoms with E-state index in [1.165, 1.54) is 0 Å². The van der Waals surface area contributed by atoms with E-state index in [0.29, 0.717) is 22.0 Å². The normalized spacial score (nSPS) is 13.1. The standard InChI is InChI=1S/C20H23ClN2O3S/c1-14(23-27(25)20(2,3)4)16-11-8-12-17(18(16)21)22-19(24)26-13-15-9-6-5-7-10-15/h5-12H,13H2,1-4H3,(H,22,24)/t27-/m1/s1. The molecule has 2 aromatic carbocycles. The molecule has 27 heavy (non-hydrogen) atoms. The molecule has 0 unspecified atom stereocenters. The van der Waals surface area contributed by atoms with Crippen molar-refractivity contribution in [2.75, 3.05) is 5.32 Å². The molecule has 1 atom stereocenters. The van der Waals surface area contributed by atoms with Gasteiger partial charge in [0.1, 0.15) is 17.6 Å². The molecule has 0 aromatic heterocycles. The first kappa shape index (κ1) is 21.1. The van der Waals surface area contributed by atoms with Crippen LogP contribution in [0.1, 0.15) is 38.8 Å². The van der Waals surface area contributed by atoms with Crippen molar-refractivity contribution >= 4 is 40.1 Å². The molecule has 0 aliphatic carbocycles. The Balaban J connectivity index is 2.11. The van der Waals surface area contributed by atoms with Crippen LogP contribution in [0.5, 0.6) is 0 Å². The van der Waals surface area contributed by atoms with Crippen molar-refractivity contribution in [2.24, 2.45) is 4.40 Å². The van der Waals surface area contributed by atoms with Crippen LogP contribution in [-0.2, 0) is 22.3 Å². The fourth-order valence-electron chi connectivity index (χ4n) is 2.09. The summed E-state index contributed by atoms with van der Waals surface area (Å²) >= 11 is 6.41. The van der Waals surface area contributed by atoms with Gasteiger partial charge in [-0.1, -0.05) is 54.1 Å². The zero-order chi connectivity index (χ0) is 20.0. The summed E-state index contributed by atoms with van der Waals surface area (Å²) in [5.41, 5.74) is 2.44. The predicted molar refractivity (Wildman–Crippen MR) is 112 cm³/mol. The van der Waals surface area contributed by atoms with Crippen LogP contribution in [0.25, 0.3) is 0 Å². The predicted octanol–water partition coefficient (Wildman–Crippen LogP) is 5.36. The van der Waals surface area contributed by atoms with Crippen molar-refractivity contribution in [1.82, 2.24) is 0 Å². The lowest BCUT2D eigenvalue weighted by Crippen LogP contribution is -2.20. The largest absolute Gasteiger partial charge is 0.444 e. The number of nitrogens with one attached hydrogen (secondary N) is 1. The number of nitrogens with zero attached hydrogens (tertiary/aromatic N) is 1. The Morgan fingerprint density at radius 2 is 1.81 bits per heavy atom. The van der Waals surface area contributed by atoms with Crippen molar-refractivity contribution in [3.63, 3.8) is 0 Å². The summed E-state index contributed by atoms with van der Waals surface area (Å²) in [6.07, 6.45) is -0.606. The molecule has 0 saturated heterocycles. The number of amides is 1. The molecule has 0 fully saturated rings. The third-order valence-electron chi connectivity index (χ3n) is 3.58. The number of carbonyl (C=O) groups excluding carboxylic acids is 1. The Labute approximate surface area is 167 Å². The van der Waals surface area contributed by atoms with E-state index in [4.69, 9.17) is 16.3 Å². The highest BCUT2D eigenvalue weighted by Gasteiger charge is 2.20. The molecule has 1 N–H and O–H groups in total. The van der Waals surface area contributed by atoms with Crippen LogP contribution in [0.2, 0.25) is 5.02 Å². The summed E-state index contributed by atoms with van der Waals surface area (Å²) in [5.74, 6) is 0. The zero-order valence-electron chi connectivity index (χ0n) is 15.8. The molecule has 5 nitrogen and oxygen atoms in total. The molecule has 1 amide bonds. The number of benzene rings is 2. The summed E-state index contributed by atoms with van der Waals surface area (Å²) < 4.78 is 21.2. The third-order valence-corrected chi connectivity index (χ3v) is 5.48. The van der Waals surface area contributed by atoms with Gasteiger partial charge in [-0.2, -0.15) is 4.40 Å². The Morgan fingerprint density at radius 1 is 1.15 bits per heavy atom. The molecular formula is C20H23ClN2O3S. The quantitative estimate of drug-likeness (QED) is 0.679. The average Bonchev–Trinajstić information content (AvgIpc) is 2.61. The van der Waals surface area contributed by atoms with Crippen LogP contribution in [0.3, 0.4) is 0 Å². The van der Waals surface area contributed by atoms with Crippen molar-refractivity contribution in [1.29, 1.82) is 0 Å². The van der Waals surface area contributed by atoms with Gasteiger partial charge in [0.15, 0.2) is 0 Å². The van der Waals surface area contributed by atoms with Crippen molar-refractivity contribution in [2.45, 2.75) is 39.0 Å². The molecule has 0 saturated carbocycles. The highest BCUT2D eigenvalue weighted by molar-refractivity contribution is 7.85. The number of ether oxygens (including phenoxy) is 1. The summed E-state index contributed by atoms with van der Waals surface area (Å²) in [7, 11) is -1.40. The summed E-state index contributed by atoms with van der Waals surface area (Å²) in [6, 6.07) is 14.6. The Kier molecular flexibility index (Phi) is 7.16. The van der Waals surface area contributed by atoms with E-state index in [1.807, 2.05) is 51.1 Å². The van der Waals surface area contributed by atoms with Crippen LogP contribution in [-0.4, -0.2) is 20.8 Å². The summed E-state index contributed by atoms with van der Waals surface area (Å²) in [4.78, 5) is 12.1. The fraction of sp³-hybridized carbons (Fsp3) is 0.300. The molecule has 2 aromatic rings. The maximum atomic E-state index is 12.2. The third kappa shape index (κ3) is 6.19. The lowest BCUT2D eigenvalue weighted by molar-refractivity contribution is 0.155. The molecule has 0 aliphatic rings. The van der Waals surface area contributed by atoms with Gasteiger partial charge in [-0.05, 0) is 39.3 Å². The van der Waals surface area contributed by atoms with E-state index in [-0.39, 0.29) is 6.61 Å². The second-order valence-corrected chi connectivity index (χ2v) is 9.18. The van der Waals surface area contributed by atoms with Gasteiger partial charge >= 0.3 is 6.09 Å². The van der Waals surface area contributed by atoms with Gasteiger partial charge in [0, 0.05) is 5.56 Å². The number of hydrogen-bond donors (Lipinski definition) is 1. The SMILES string of the molecule is CC(=N[S@](=O)C(C)(C)C)c1cccc(NC(=O)OCc2ccccc2)c1Cl. The van der Waals surface area contributed by atoms with Crippen molar-refractivity contribution < 1.29 is 13.7 Å². The van der Waals surface area contributed by atoms with E-state index in [2.05, 4.69) is 9.71 Å². The first-order chi connectivity index (χ1) is 12.7. The number of hydrogen-bond acceptors (Lipinski definition) is 3. The van der Waals surface area contributed by atoms with Gasteiger partial charge in [-0.15, -0.1) is 0 Å². The lowest BCUT2D eigenvalue weighted by Gasteiger charge is -2.15. The average molecular weight is 407 g/mol. The molecule has 0 heterocycles. The van der Waals surface area contributed by atoms with E-state index in [1.54, 1.807) is 25.1 Å². The minimum Gasteiger partial charge on any atom is -0.444 e. The van der Waals surface area contributed by atoms with Crippen LogP contribution in [0.15, 0.2) is 52.9 Å². The topological polar surface area (TPSA) is 67.8 Å². The molecule has 144 valence electrons. The zero-order valence-corrected chi connectivity index (χ0v) is 17.4. The van der Waals surface area contributed by atoms with Gasteiger partial charge in [-0.25, -0.2) is 9.00 Å².